The SMILES string of the molecule is CCC(C)(CNC1CC1)CN(C)Cc1ccncc1. The number of aromatic nitrogens is 1. The Kier molecular flexibility index (Phi) is 4.94. The molecule has 1 aliphatic rings. The molecule has 1 atom stereocenters. The lowest BCUT2D eigenvalue weighted by Crippen LogP contribution is -2.41. The van der Waals surface area contributed by atoms with E-state index in [0.29, 0.717) is 5.41 Å². The Labute approximate surface area is 117 Å². The van der Waals surface area contributed by atoms with Crippen LogP contribution in [0.25, 0.3) is 0 Å². The fourth-order valence-electron chi connectivity index (χ4n) is 2.48. The van der Waals surface area contributed by atoms with Crippen LogP contribution in [0.15, 0.2) is 24.5 Å². The topological polar surface area (TPSA) is 28.2 Å². The molecule has 0 amide bonds. The molecule has 19 heavy (non-hydrogen) atoms. The minimum absolute atomic E-state index is 0.365. The second-order valence-electron chi connectivity index (χ2n) is 6.35. The van der Waals surface area contributed by atoms with Crippen molar-refractivity contribution in [3.63, 3.8) is 0 Å². The molecule has 3 nitrogen and oxygen atoms in total. The molecule has 106 valence electrons. The Morgan fingerprint density at radius 1 is 1.37 bits per heavy atom. The second kappa shape index (κ2) is 6.49. The van der Waals surface area contributed by atoms with Crippen LogP contribution >= 0.6 is 0 Å². The molecule has 2 rings (SSSR count). The Morgan fingerprint density at radius 2 is 2.05 bits per heavy atom. The maximum absolute atomic E-state index is 4.07. The van der Waals surface area contributed by atoms with E-state index >= 15 is 0 Å². The Bertz CT molecular complexity index is 375. The van der Waals surface area contributed by atoms with Crippen molar-refractivity contribution >= 4 is 0 Å². The van der Waals surface area contributed by atoms with E-state index in [1.54, 1.807) is 0 Å². The Hall–Kier alpha value is -0.930. The van der Waals surface area contributed by atoms with E-state index in [4.69, 9.17) is 0 Å². The maximum Gasteiger partial charge on any atom is 0.0271 e. The van der Waals surface area contributed by atoms with Crippen LogP contribution in [0, 0.1) is 5.41 Å². The molecular formula is C16H27N3. The van der Waals surface area contributed by atoms with E-state index in [2.05, 4.69) is 48.2 Å². The fourth-order valence-corrected chi connectivity index (χ4v) is 2.48. The van der Waals surface area contributed by atoms with Crippen molar-refractivity contribution in [3.05, 3.63) is 30.1 Å². The molecule has 3 heteroatoms. The highest BCUT2D eigenvalue weighted by Gasteiger charge is 2.28. The van der Waals surface area contributed by atoms with E-state index in [-0.39, 0.29) is 0 Å². The number of nitrogens with zero attached hydrogens (tertiary/aromatic N) is 2. The summed E-state index contributed by atoms with van der Waals surface area (Å²) in [5, 5.41) is 3.68. The molecule has 0 saturated heterocycles. The first-order chi connectivity index (χ1) is 9.11. The second-order valence-corrected chi connectivity index (χ2v) is 6.35. The van der Waals surface area contributed by atoms with Gasteiger partial charge in [-0.05, 0) is 49.4 Å². The van der Waals surface area contributed by atoms with Gasteiger partial charge < -0.3 is 10.2 Å². The van der Waals surface area contributed by atoms with Crippen LogP contribution in [0.4, 0.5) is 0 Å². The van der Waals surface area contributed by atoms with Gasteiger partial charge in [-0.15, -0.1) is 0 Å². The average molecular weight is 261 g/mol. The first kappa shape index (κ1) is 14.5. The first-order valence-corrected chi connectivity index (χ1v) is 7.42. The van der Waals surface area contributed by atoms with Gasteiger partial charge in [-0.25, -0.2) is 0 Å². The predicted molar refractivity (Wildman–Crippen MR) is 80.0 cm³/mol. The normalized spacial score (nSPS) is 18.5. The third-order valence-corrected chi connectivity index (χ3v) is 4.10. The summed E-state index contributed by atoms with van der Waals surface area (Å²) in [6.07, 6.45) is 7.69. The maximum atomic E-state index is 4.07. The van der Waals surface area contributed by atoms with Gasteiger partial charge >= 0.3 is 0 Å². The van der Waals surface area contributed by atoms with E-state index in [1.807, 2.05) is 12.4 Å². The lowest BCUT2D eigenvalue weighted by atomic mass is 9.86. The third-order valence-electron chi connectivity index (χ3n) is 4.10. The van der Waals surface area contributed by atoms with Crippen LogP contribution < -0.4 is 5.32 Å². The highest BCUT2D eigenvalue weighted by atomic mass is 15.1. The highest BCUT2D eigenvalue weighted by molar-refractivity contribution is 5.09. The summed E-state index contributed by atoms with van der Waals surface area (Å²) in [6, 6.07) is 5.00. The van der Waals surface area contributed by atoms with Gasteiger partial charge in [0.25, 0.3) is 0 Å². The van der Waals surface area contributed by atoms with Crippen LogP contribution in [-0.4, -0.2) is 36.1 Å². The van der Waals surface area contributed by atoms with Crippen molar-refractivity contribution in [2.24, 2.45) is 5.41 Å². The van der Waals surface area contributed by atoms with Gasteiger partial charge in [0.1, 0.15) is 0 Å². The number of nitrogens with one attached hydrogen (secondary N) is 1. The summed E-state index contributed by atoms with van der Waals surface area (Å²) in [5.74, 6) is 0. The molecule has 1 saturated carbocycles. The minimum Gasteiger partial charge on any atom is -0.313 e. The Balaban J connectivity index is 1.82. The molecule has 1 N–H and O–H groups in total. The zero-order chi connectivity index (χ0) is 13.7. The number of pyridine rings is 1. The predicted octanol–water partition coefficient (Wildman–Crippen LogP) is 2.68. The summed E-state index contributed by atoms with van der Waals surface area (Å²) < 4.78 is 0. The van der Waals surface area contributed by atoms with E-state index in [0.717, 1.165) is 25.7 Å². The smallest absolute Gasteiger partial charge is 0.0271 e. The molecule has 0 aliphatic heterocycles. The highest BCUT2D eigenvalue weighted by Crippen LogP contribution is 2.25. The molecule has 1 fully saturated rings. The quantitative estimate of drug-likeness (QED) is 0.780. The summed E-state index contributed by atoms with van der Waals surface area (Å²) in [4.78, 5) is 6.49. The van der Waals surface area contributed by atoms with Gasteiger partial charge in [-0.3, -0.25) is 4.98 Å². The molecule has 0 aromatic carbocycles. The monoisotopic (exact) mass is 261 g/mol. The molecule has 1 aliphatic carbocycles. The largest absolute Gasteiger partial charge is 0.313 e. The van der Waals surface area contributed by atoms with Gasteiger partial charge in [0.15, 0.2) is 0 Å². The molecule has 0 radical (unpaired) electrons. The van der Waals surface area contributed by atoms with Gasteiger partial charge in [-0.2, -0.15) is 0 Å². The Morgan fingerprint density at radius 3 is 2.63 bits per heavy atom. The average Bonchev–Trinajstić information content (AvgIpc) is 3.21. The van der Waals surface area contributed by atoms with Crippen molar-refractivity contribution < 1.29 is 0 Å². The minimum atomic E-state index is 0.365. The zero-order valence-corrected chi connectivity index (χ0v) is 12.5. The van der Waals surface area contributed by atoms with Gasteiger partial charge in [0, 0.05) is 38.1 Å². The van der Waals surface area contributed by atoms with Crippen molar-refractivity contribution in [2.45, 2.75) is 45.7 Å². The molecule has 1 aromatic heterocycles. The molecule has 0 spiro atoms. The van der Waals surface area contributed by atoms with Crippen LogP contribution in [0.5, 0.6) is 0 Å². The number of hydrogen-bond donors (Lipinski definition) is 1. The molecule has 1 aromatic rings. The van der Waals surface area contributed by atoms with Crippen LogP contribution in [0.2, 0.25) is 0 Å². The number of hydrogen-bond acceptors (Lipinski definition) is 3. The van der Waals surface area contributed by atoms with Crippen molar-refractivity contribution in [1.82, 2.24) is 15.2 Å². The first-order valence-electron chi connectivity index (χ1n) is 7.42. The standard InChI is InChI=1S/C16H27N3/c1-4-16(2,12-18-15-5-6-15)13-19(3)11-14-7-9-17-10-8-14/h7-10,15,18H,4-6,11-13H2,1-3H3. The van der Waals surface area contributed by atoms with Crippen molar-refractivity contribution in [1.29, 1.82) is 0 Å². The number of rotatable bonds is 8. The van der Waals surface area contributed by atoms with Crippen LogP contribution in [0.3, 0.4) is 0 Å². The summed E-state index contributed by atoms with van der Waals surface area (Å²) >= 11 is 0. The molecule has 0 bridgehead atoms. The third kappa shape index (κ3) is 4.92. The van der Waals surface area contributed by atoms with Crippen molar-refractivity contribution in [2.75, 3.05) is 20.1 Å². The van der Waals surface area contributed by atoms with Gasteiger partial charge in [0.2, 0.25) is 0 Å². The lowest BCUT2D eigenvalue weighted by molar-refractivity contribution is 0.174. The van der Waals surface area contributed by atoms with Crippen molar-refractivity contribution in [3.8, 4) is 0 Å². The lowest BCUT2D eigenvalue weighted by Gasteiger charge is -2.33. The molecule has 1 heterocycles. The zero-order valence-electron chi connectivity index (χ0n) is 12.5. The summed E-state index contributed by atoms with van der Waals surface area (Å²) in [7, 11) is 2.21. The van der Waals surface area contributed by atoms with Gasteiger partial charge in [-0.1, -0.05) is 13.8 Å². The van der Waals surface area contributed by atoms with E-state index in [1.165, 1.54) is 24.8 Å². The summed E-state index contributed by atoms with van der Waals surface area (Å²) in [6.45, 7) is 7.96. The van der Waals surface area contributed by atoms with Gasteiger partial charge in [0.05, 0.1) is 0 Å². The molecule has 1 unspecified atom stereocenters. The summed E-state index contributed by atoms with van der Waals surface area (Å²) in [5.41, 5.74) is 1.70. The van der Waals surface area contributed by atoms with Crippen LogP contribution in [0.1, 0.15) is 38.7 Å². The van der Waals surface area contributed by atoms with E-state index in [9.17, 15) is 0 Å². The fraction of sp³-hybridized carbons (Fsp3) is 0.688. The van der Waals surface area contributed by atoms with Crippen LogP contribution in [-0.2, 0) is 6.54 Å². The molecular weight excluding hydrogens is 234 g/mol. The van der Waals surface area contributed by atoms with E-state index < -0.39 is 0 Å².